The lowest BCUT2D eigenvalue weighted by Gasteiger charge is -2.04. The zero-order chi connectivity index (χ0) is 10.8. The van der Waals surface area contributed by atoms with E-state index in [1.807, 2.05) is 23.3 Å². The van der Waals surface area contributed by atoms with Crippen LogP contribution in [0.4, 0.5) is 5.69 Å². The Morgan fingerprint density at radius 1 is 1.67 bits per heavy atom. The van der Waals surface area contributed by atoms with Crippen molar-refractivity contribution in [3.8, 4) is 6.07 Å². The number of halogens is 1. The topological polar surface area (TPSA) is 53.6 Å². The molecule has 2 aromatic heterocycles. The third kappa shape index (κ3) is 1.66. The van der Waals surface area contributed by atoms with Crippen molar-refractivity contribution in [1.29, 1.82) is 5.26 Å². The second-order valence-corrected chi connectivity index (χ2v) is 4.57. The van der Waals surface area contributed by atoms with Crippen LogP contribution in [0, 0.1) is 11.3 Å². The molecule has 0 fully saturated rings. The van der Waals surface area contributed by atoms with Gasteiger partial charge in [0.05, 0.1) is 11.3 Å². The van der Waals surface area contributed by atoms with Gasteiger partial charge in [-0.05, 0) is 6.07 Å². The van der Waals surface area contributed by atoms with E-state index in [0.29, 0.717) is 5.56 Å². The van der Waals surface area contributed by atoms with E-state index >= 15 is 0 Å². The molecule has 0 saturated carbocycles. The number of nitrogens with one attached hydrogen (secondary N) is 1. The zero-order valence-corrected chi connectivity index (χ0v) is 10.8. The third-order valence-corrected chi connectivity index (χ3v) is 3.84. The molecule has 0 aliphatic heterocycles. The van der Waals surface area contributed by atoms with Crippen LogP contribution in [0.5, 0.6) is 0 Å². The van der Waals surface area contributed by atoms with Crippen molar-refractivity contribution in [2.24, 2.45) is 0 Å². The van der Waals surface area contributed by atoms with Gasteiger partial charge in [0.2, 0.25) is 0 Å². The fourth-order valence-corrected chi connectivity index (χ4v) is 2.74. The van der Waals surface area contributed by atoms with Gasteiger partial charge in [0.15, 0.2) is 5.65 Å². The molecule has 76 valence electrons. The van der Waals surface area contributed by atoms with Gasteiger partial charge < -0.3 is 5.32 Å². The fraction of sp³-hybridized carbons (Fsp3) is 0.111. The average Bonchev–Trinajstić information content (AvgIpc) is 2.70. The Hall–Kier alpha value is -0.940. The van der Waals surface area contributed by atoms with Crippen LogP contribution in [0.2, 0.25) is 0 Å². The van der Waals surface area contributed by atoms with Gasteiger partial charge in [-0.15, -0.1) is 0 Å². The maximum Gasteiger partial charge on any atom is 0.152 e. The molecule has 0 bridgehead atoms. The Kier molecular flexibility index (Phi) is 3.02. The van der Waals surface area contributed by atoms with E-state index in [9.17, 15) is 0 Å². The van der Waals surface area contributed by atoms with E-state index in [4.69, 9.17) is 5.26 Å². The van der Waals surface area contributed by atoms with Crippen molar-refractivity contribution >= 4 is 47.0 Å². The highest BCUT2D eigenvalue weighted by Gasteiger charge is 2.10. The molecule has 2 aromatic rings. The normalized spacial score (nSPS) is 10.2. The SMILES string of the molecule is CNc1c(C#N)cnc2c1ccn2SI. The molecule has 1 N–H and O–H groups in total. The van der Waals surface area contributed by atoms with Gasteiger partial charge in [-0.2, -0.15) is 5.26 Å². The zero-order valence-electron chi connectivity index (χ0n) is 7.86. The van der Waals surface area contributed by atoms with Crippen LogP contribution < -0.4 is 5.32 Å². The van der Waals surface area contributed by atoms with Crippen molar-refractivity contribution in [1.82, 2.24) is 8.96 Å². The van der Waals surface area contributed by atoms with Crippen LogP contribution >= 0.6 is 30.3 Å². The van der Waals surface area contributed by atoms with E-state index in [2.05, 4.69) is 37.6 Å². The lowest BCUT2D eigenvalue weighted by molar-refractivity contribution is 1.26. The van der Waals surface area contributed by atoms with Crippen LogP contribution in [0.3, 0.4) is 0 Å². The lowest BCUT2D eigenvalue weighted by atomic mass is 10.2. The Balaban J connectivity index is 2.79. The molecule has 0 unspecified atom stereocenters. The molecule has 15 heavy (non-hydrogen) atoms. The number of nitrogens with zero attached hydrogens (tertiary/aromatic N) is 3. The Morgan fingerprint density at radius 3 is 3.07 bits per heavy atom. The summed E-state index contributed by atoms with van der Waals surface area (Å²) < 4.78 is 1.96. The molecule has 2 heterocycles. The van der Waals surface area contributed by atoms with E-state index in [1.165, 1.54) is 0 Å². The summed E-state index contributed by atoms with van der Waals surface area (Å²) >= 11 is 2.19. The van der Waals surface area contributed by atoms with Gasteiger partial charge in [-0.3, -0.25) is 3.97 Å². The molecule has 0 amide bonds. The lowest BCUT2D eigenvalue weighted by Crippen LogP contribution is -1.95. The van der Waals surface area contributed by atoms with E-state index in [1.54, 1.807) is 15.3 Å². The molecule has 6 heteroatoms. The number of aromatic nitrogens is 2. The maximum absolute atomic E-state index is 8.93. The molecule has 0 spiro atoms. The highest BCUT2D eigenvalue weighted by molar-refractivity contribution is 14.2. The number of anilines is 1. The number of rotatable bonds is 2. The van der Waals surface area contributed by atoms with Crippen molar-refractivity contribution in [3.05, 3.63) is 24.0 Å². The van der Waals surface area contributed by atoms with Gasteiger partial charge >= 0.3 is 0 Å². The van der Waals surface area contributed by atoms with Crippen LogP contribution in [-0.4, -0.2) is 16.0 Å². The molecule has 0 aliphatic carbocycles. The summed E-state index contributed by atoms with van der Waals surface area (Å²) in [5.41, 5.74) is 2.28. The Morgan fingerprint density at radius 2 is 2.47 bits per heavy atom. The first kappa shape index (κ1) is 10.6. The number of hydrogen-bond donors (Lipinski definition) is 1. The van der Waals surface area contributed by atoms with Gasteiger partial charge in [-0.25, -0.2) is 4.98 Å². The maximum atomic E-state index is 8.93. The number of hydrogen-bond acceptors (Lipinski definition) is 4. The van der Waals surface area contributed by atoms with E-state index in [-0.39, 0.29) is 0 Å². The summed E-state index contributed by atoms with van der Waals surface area (Å²) in [5, 5.41) is 12.9. The summed E-state index contributed by atoms with van der Waals surface area (Å²) in [6, 6.07) is 4.08. The van der Waals surface area contributed by atoms with Gasteiger partial charge in [0.1, 0.15) is 6.07 Å². The molecule has 4 nitrogen and oxygen atoms in total. The predicted molar refractivity (Wildman–Crippen MR) is 71.0 cm³/mol. The third-order valence-electron chi connectivity index (χ3n) is 2.13. The fourth-order valence-electron chi connectivity index (χ4n) is 1.47. The van der Waals surface area contributed by atoms with Crippen molar-refractivity contribution in [2.45, 2.75) is 0 Å². The molecule has 0 atom stereocenters. The summed E-state index contributed by atoms with van der Waals surface area (Å²) in [6.07, 6.45) is 3.54. The number of fused-ring (bicyclic) bond motifs is 1. The first-order valence-corrected chi connectivity index (χ1v) is 7.50. The Bertz CT molecular complexity index is 543. The summed E-state index contributed by atoms with van der Waals surface area (Å²) in [5.74, 6) is 0. The molecule has 0 saturated heterocycles. The molecule has 0 aromatic carbocycles. The summed E-state index contributed by atoms with van der Waals surface area (Å²) in [7, 11) is 3.36. The molecular formula is C9H7IN4S. The number of pyridine rings is 1. The highest BCUT2D eigenvalue weighted by atomic mass is 127. The summed E-state index contributed by atoms with van der Waals surface area (Å²) in [4.78, 5) is 4.27. The molecular weight excluding hydrogens is 323 g/mol. The monoisotopic (exact) mass is 330 g/mol. The first-order valence-electron chi connectivity index (χ1n) is 4.18. The van der Waals surface area contributed by atoms with E-state index in [0.717, 1.165) is 16.7 Å². The average molecular weight is 330 g/mol. The molecule has 2 rings (SSSR count). The second-order valence-electron chi connectivity index (χ2n) is 2.86. The van der Waals surface area contributed by atoms with Crippen LogP contribution in [0.1, 0.15) is 5.56 Å². The minimum atomic E-state index is 0.571. The first-order chi connectivity index (χ1) is 7.31. The standard InChI is InChI=1S/C9H7IN4S/c1-12-8-6(4-11)5-13-9-7(8)2-3-14(9)15-10/h2-3,5H,1H3,(H,12,13). The minimum absolute atomic E-state index is 0.571. The minimum Gasteiger partial charge on any atom is -0.386 e. The largest absolute Gasteiger partial charge is 0.386 e. The molecule has 0 aliphatic rings. The van der Waals surface area contributed by atoms with Crippen LogP contribution in [0.25, 0.3) is 11.0 Å². The van der Waals surface area contributed by atoms with Crippen molar-refractivity contribution in [2.75, 3.05) is 12.4 Å². The molecule has 0 radical (unpaired) electrons. The van der Waals surface area contributed by atoms with Gasteiger partial charge in [0, 0.05) is 55.2 Å². The van der Waals surface area contributed by atoms with Crippen LogP contribution in [-0.2, 0) is 0 Å². The van der Waals surface area contributed by atoms with E-state index < -0.39 is 0 Å². The number of nitriles is 1. The smallest absolute Gasteiger partial charge is 0.152 e. The summed E-state index contributed by atoms with van der Waals surface area (Å²) in [6.45, 7) is 0. The van der Waals surface area contributed by atoms with Crippen LogP contribution in [0.15, 0.2) is 18.5 Å². The predicted octanol–water partition coefficient (Wildman–Crippen LogP) is 2.80. The van der Waals surface area contributed by atoms with Crippen molar-refractivity contribution in [3.63, 3.8) is 0 Å². The van der Waals surface area contributed by atoms with Crippen molar-refractivity contribution < 1.29 is 0 Å². The quantitative estimate of drug-likeness (QED) is 0.861. The second kappa shape index (κ2) is 4.28. The van der Waals surface area contributed by atoms with Gasteiger partial charge in [0.25, 0.3) is 0 Å². The van der Waals surface area contributed by atoms with Gasteiger partial charge in [-0.1, -0.05) is 0 Å². The highest BCUT2D eigenvalue weighted by Crippen LogP contribution is 2.29. The Labute approximate surface area is 103 Å².